The van der Waals surface area contributed by atoms with Crippen LogP contribution in [-0.4, -0.2) is 81.7 Å². The van der Waals surface area contributed by atoms with Gasteiger partial charge >= 0.3 is 0 Å². The van der Waals surface area contributed by atoms with Crippen molar-refractivity contribution in [2.45, 2.75) is 26.3 Å². The van der Waals surface area contributed by atoms with Gasteiger partial charge in [0.25, 0.3) is 0 Å². The molecule has 162 valence electrons. The quantitative estimate of drug-likeness (QED) is 0.389. The van der Waals surface area contributed by atoms with E-state index in [1.165, 1.54) is 11.0 Å². The van der Waals surface area contributed by atoms with E-state index in [1.54, 1.807) is 27.1 Å². The van der Waals surface area contributed by atoms with E-state index in [0.717, 1.165) is 51.4 Å². The molecule has 7 nitrogen and oxygen atoms in total. The smallest absolute Gasteiger partial charge is 0.243 e. The van der Waals surface area contributed by atoms with Gasteiger partial charge in [-0.1, -0.05) is 12.1 Å². The zero-order valence-corrected chi connectivity index (χ0v) is 18.0. The first kappa shape index (κ1) is 23.1. The minimum absolute atomic E-state index is 0.0563. The summed E-state index contributed by atoms with van der Waals surface area (Å²) >= 11 is 0. The molecule has 0 spiro atoms. The van der Waals surface area contributed by atoms with Gasteiger partial charge in [-0.2, -0.15) is 0 Å². The van der Waals surface area contributed by atoms with Crippen LogP contribution in [-0.2, 0) is 9.53 Å². The van der Waals surface area contributed by atoms with Crippen molar-refractivity contribution < 1.29 is 13.9 Å². The molecule has 1 aromatic rings. The topological polar surface area (TPSA) is 69.2 Å². The van der Waals surface area contributed by atoms with Crippen molar-refractivity contribution in [2.75, 3.05) is 60.0 Å². The van der Waals surface area contributed by atoms with E-state index in [0.29, 0.717) is 11.5 Å². The van der Waals surface area contributed by atoms with Crippen molar-refractivity contribution in [3.8, 4) is 0 Å². The summed E-state index contributed by atoms with van der Waals surface area (Å²) in [4.78, 5) is 20.2. The molecular formula is C21H34FN5O2. The Bertz CT molecular complexity index is 690. The zero-order chi connectivity index (χ0) is 21.2. The van der Waals surface area contributed by atoms with Crippen LogP contribution in [0.25, 0.3) is 0 Å². The molecule has 1 amide bonds. The Morgan fingerprint density at radius 2 is 2.07 bits per heavy atom. The Balaban J connectivity index is 1.93. The standard InChI is InChI=1S/C21H34FN5O2/c1-16-6-7-18(14-19(16)22)17(2)25-21(24-15-20(28)26(3)4)23-8-5-9-27-10-12-29-13-11-27/h6-7,14,17H,5,8-13,15H2,1-4H3,(H2,23,24,25). The highest BCUT2D eigenvalue weighted by Gasteiger charge is 2.12. The van der Waals surface area contributed by atoms with Crippen molar-refractivity contribution in [1.82, 2.24) is 20.4 Å². The second-order valence-electron chi connectivity index (χ2n) is 7.56. The van der Waals surface area contributed by atoms with Crippen LogP contribution in [0.3, 0.4) is 0 Å². The molecule has 1 fully saturated rings. The number of hydrogen-bond acceptors (Lipinski definition) is 4. The number of halogens is 1. The third-order valence-corrected chi connectivity index (χ3v) is 4.97. The Morgan fingerprint density at radius 3 is 2.72 bits per heavy atom. The van der Waals surface area contributed by atoms with Gasteiger partial charge in [0.1, 0.15) is 12.4 Å². The second kappa shape index (κ2) is 11.7. The van der Waals surface area contributed by atoms with E-state index in [2.05, 4.69) is 20.5 Å². The van der Waals surface area contributed by atoms with Gasteiger partial charge in [-0.25, -0.2) is 9.38 Å². The predicted octanol–water partition coefficient (Wildman–Crippen LogP) is 1.54. The molecule has 29 heavy (non-hydrogen) atoms. The molecule has 2 N–H and O–H groups in total. The summed E-state index contributed by atoms with van der Waals surface area (Å²) in [5.74, 6) is 0.250. The monoisotopic (exact) mass is 407 g/mol. The first-order chi connectivity index (χ1) is 13.9. The van der Waals surface area contributed by atoms with Crippen molar-refractivity contribution in [2.24, 2.45) is 4.99 Å². The summed E-state index contributed by atoms with van der Waals surface area (Å²) in [6, 6.07) is 5.06. The van der Waals surface area contributed by atoms with E-state index in [-0.39, 0.29) is 24.3 Å². The number of morpholine rings is 1. The van der Waals surface area contributed by atoms with Crippen LogP contribution in [0.1, 0.15) is 30.5 Å². The molecule has 0 saturated carbocycles. The Labute approximate surface area is 173 Å². The van der Waals surface area contributed by atoms with E-state index >= 15 is 0 Å². The average Bonchev–Trinajstić information content (AvgIpc) is 2.71. The minimum atomic E-state index is -0.226. The molecule has 1 saturated heterocycles. The number of hydrogen-bond donors (Lipinski definition) is 2. The number of carbonyl (C=O) groups excluding carboxylic acids is 1. The van der Waals surface area contributed by atoms with Gasteiger partial charge < -0.3 is 20.3 Å². The fourth-order valence-corrected chi connectivity index (χ4v) is 2.94. The maximum absolute atomic E-state index is 13.9. The first-order valence-corrected chi connectivity index (χ1v) is 10.2. The van der Waals surface area contributed by atoms with E-state index in [1.807, 2.05) is 13.0 Å². The highest BCUT2D eigenvalue weighted by Crippen LogP contribution is 2.16. The molecule has 1 aliphatic rings. The van der Waals surface area contributed by atoms with Crippen LogP contribution in [0.4, 0.5) is 4.39 Å². The van der Waals surface area contributed by atoms with Crippen LogP contribution in [0.2, 0.25) is 0 Å². The van der Waals surface area contributed by atoms with Gasteiger partial charge in [-0.3, -0.25) is 9.69 Å². The number of carbonyl (C=O) groups is 1. The Morgan fingerprint density at radius 1 is 1.34 bits per heavy atom. The summed E-state index contributed by atoms with van der Waals surface area (Å²) < 4.78 is 19.3. The molecule has 1 aromatic carbocycles. The van der Waals surface area contributed by atoms with E-state index in [4.69, 9.17) is 4.74 Å². The first-order valence-electron chi connectivity index (χ1n) is 10.2. The molecule has 8 heteroatoms. The van der Waals surface area contributed by atoms with Crippen molar-refractivity contribution in [3.05, 3.63) is 35.1 Å². The SMILES string of the molecule is Cc1ccc(C(C)NC(=NCC(=O)N(C)C)NCCCN2CCOCC2)cc1F. The maximum Gasteiger partial charge on any atom is 0.243 e. The maximum atomic E-state index is 13.9. The molecule has 1 unspecified atom stereocenters. The summed E-state index contributed by atoms with van der Waals surface area (Å²) in [5.41, 5.74) is 1.45. The average molecular weight is 408 g/mol. The lowest BCUT2D eigenvalue weighted by Crippen LogP contribution is -2.42. The number of amides is 1. The number of aryl methyl sites for hydroxylation is 1. The predicted molar refractivity (Wildman–Crippen MR) is 114 cm³/mol. The molecule has 1 heterocycles. The lowest BCUT2D eigenvalue weighted by atomic mass is 10.1. The van der Waals surface area contributed by atoms with Crippen molar-refractivity contribution in [3.63, 3.8) is 0 Å². The fourth-order valence-electron chi connectivity index (χ4n) is 2.94. The normalized spacial score (nSPS) is 16.4. The molecule has 0 radical (unpaired) electrons. The van der Waals surface area contributed by atoms with Crippen molar-refractivity contribution >= 4 is 11.9 Å². The van der Waals surface area contributed by atoms with Crippen LogP contribution in [0, 0.1) is 12.7 Å². The number of guanidine groups is 1. The number of nitrogens with one attached hydrogen (secondary N) is 2. The molecule has 1 aliphatic heterocycles. The highest BCUT2D eigenvalue weighted by molar-refractivity contribution is 5.85. The number of nitrogens with zero attached hydrogens (tertiary/aromatic N) is 3. The number of aliphatic imine (C=N–C) groups is 1. The number of likely N-dealkylation sites (N-methyl/N-ethyl adjacent to an activating group) is 1. The Hall–Kier alpha value is -2.19. The summed E-state index contributed by atoms with van der Waals surface area (Å²) in [7, 11) is 3.41. The fraction of sp³-hybridized carbons (Fsp3) is 0.619. The van der Waals surface area contributed by atoms with Gasteiger partial charge in [-0.05, 0) is 44.0 Å². The van der Waals surface area contributed by atoms with Crippen LogP contribution in [0.5, 0.6) is 0 Å². The third-order valence-electron chi connectivity index (χ3n) is 4.97. The third kappa shape index (κ3) is 7.98. The molecule has 2 rings (SSSR count). The largest absolute Gasteiger partial charge is 0.379 e. The molecular weight excluding hydrogens is 373 g/mol. The van der Waals surface area contributed by atoms with Gasteiger partial charge in [0.15, 0.2) is 5.96 Å². The summed E-state index contributed by atoms with van der Waals surface area (Å²) in [6.07, 6.45) is 0.954. The van der Waals surface area contributed by atoms with Gasteiger partial charge in [0.05, 0.1) is 19.3 Å². The lowest BCUT2D eigenvalue weighted by molar-refractivity contribution is -0.127. The number of rotatable bonds is 8. The van der Waals surface area contributed by atoms with E-state index < -0.39 is 0 Å². The zero-order valence-electron chi connectivity index (χ0n) is 18.0. The Kier molecular flexibility index (Phi) is 9.34. The lowest BCUT2D eigenvalue weighted by Gasteiger charge is -2.26. The second-order valence-corrected chi connectivity index (χ2v) is 7.56. The molecule has 0 aliphatic carbocycles. The van der Waals surface area contributed by atoms with Gasteiger partial charge in [-0.15, -0.1) is 0 Å². The summed E-state index contributed by atoms with van der Waals surface area (Å²) in [6.45, 7) is 8.97. The minimum Gasteiger partial charge on any atom is -0.379 e. The van der Waals surface area contributed by atoms with Gasteiger partial charge in [0, 0.05) is 33.7 Å². The number of benzene rings is 1. The molecule has 1 atom stereocenters. The molecule has 0 bridgehead atoms. The number of ether oxygens (including phenoxy) is 1. The highest BCUT2D eigenvalue weighted by atomic mass is 19.1. The van der Waals surface area contributed by atoms with Crippen LogP contribution in [0.15, 0.2) is 23.2 Å². The van der Waals surface area contributed by atoms with Crippen LogP contribution >= 0.6 is 0 Å². The van der Waals surface area contributed by atoms with Crippen LogP contribution < -0.4 is 10.6 Å². The van der Waals surface area contributed by atoms with Crippen molar-refractivity contribution in [1.29, 1.82) is 0 Å². The molecule has 0 aromatic heterocycles. The van der Waals surface area contributed by atoms with E-state index in [9.17, 15) is 9.18 Å². The van der Waals surface area contributed by atoms with Gasteiger partial charge in [0.2, 0.25) is 5.91 Å². The summed E-state index contributed by atoms with van der Waals surface area (Å²) in [5, 5.41) is 6.58.